The Hall–Kier alpha value is -2.02. The highest BCUT2D eigenvalue weighted by atomic mass is 32.2. The molecule has 2 heterocycles. The molecule has 1 aromatic heterocycles. The van der Waals surface area contributed by atoms with Crippen LogP contribution in [0.1, 0.15) is 27.6 Å². The van der Waals surface area contributed by atoms with Crippen molar-refractivity contribution in [2.24, 2.45) is 4.99 Å². The van der Waals surface area contributed by atoms with E-state index >= 15 is 0 Å². The van der Waals surface area contributed by atoms with Crippen molar-refractivity contribution in [3.63, 3.8) is 0 Å². The Balaban J connectivity index is 1.42. The minimum absolute atomic E-state index is 0.0196. The van der Waals surface area contributed by atoms with Crippen LogP contribution in [0.5, 0.6) is 0 Å². The Labute approximate surface area is 177 Å². The maximum absolute atomic E-state index is 12.7. The van der Waals surface area contributed by atoms with Crippen LogP contribution in [0, 0.1) is 6.92 Å². The van der Waals surface area contributed by atoms with Gasteiger partial charge in [0.25, 0.3) is 0 Å². The lowest BCUT2D eigenvalue weighted by atomic mass is 10.0. The van der Waals surface area contributed by atoms with Gasteiger partial charge in [0, 0.05) is 10.6 Å². The van der Waals surface area contributed by atoms with Crippen LogP contribution >= 0.6 is 34.9 Å². The van der Waals surface area contributed by atoms with Crippen molar-refractivity contribution in [3.8, 4) is 0 Å². The van der Waals surface area contributed by atoms with Crippen LogP contribution < -0.4 is 5.32 Å². The summed E-state index contributed by atoms with van der Waals surface area (Å²) in [5.41, 5.74) is 4.58. The number of para-hydroxylation sites is 1. The molecule has 0 bridgehead atoms. The average molecular weight is 425 g/mol. The van der Waals surface area contributed by atoms with E-state index in [4.69, 9.17) is 0 Å². The van der Waals surface area contributed by atoms with Gasteiger partial charge < -0.3 is 5.32 Å². The molecule has 1 unspecified atom stereocenters. The van der Waals surface area contributed by atoms with E-state index in [0.717, 1.165) is 26.3 Å². The molecule has 28 heavy (non-hydrogen) atoms. The van der Waals surface area contributed by atoms with Gasteiger partial charge in [0.2, 0.25) is 5.91 Å². The Morgan fingerprint density at radius 3 is 2.75 bits per heavy atom. The van der Waals surface area contributed by atoms with Crippen molar-refractivity contribution in [2.45, 2.75) is 18.7 Å². The predicted molar refractivity (Wildman–Crippen MR) is 123 cm³/mol. The number of rotatable bonds is 5. The summed E-state index contributed by atoms with van der Waals surface area (Å²) in [6, 6.07) is 20.5. The van der Waals surface area contributed by atoms with Gasteiger partial charge in [-0.25, -0.2) is 4.99 Å². The molecule has 142 valence electrons. The van der Waals surface area contributed by atoms with Gasteiger partial charge in [0.05, 0.1) is 17.5 Å². The van der Waals surface area contributed by atoms with Crippen LogP contribution in [0.3, 0.4) is 0 Å². The SMILES string of the molecule is Cc1ccc(C(NC(=O)CSC2=Nc3ccccc3CS2)c2cccs2)cc1. The van der Waals surface area contributed by atoms with Crippen LogP contribution in [0.4, 0.5) is 5.69 Å². The molecule has 2 aromatic carbocycles. The van der Waals surface area contributed by atoms with E-state index in [2.05, 4.69) is 53.6 Å². The van der Waals surface area contributed by atoms with Crippen LogP contribution in [0.2, 0.25) is 0 Å². The molecule has 1 aliphatic heterocycles. The fourth-order valence-corrected chi connectivity index (χ4v) is 5.63. The molecule has 0 saturated heterocycles. The van der Waals surface area contributed by atoms with Crippen molar-refractivity contribution in [2.75, 3.05) is 5.75 Å². The molecular weight excluding hydrogens is 404 g/mol. The molecule has 0 aliphatic carbocycles. The molecule has 1 amide bonds. The van der Waals surface area contributed by atoms with E-state index in [-0.39, 0.29) is 11.9 Å². The highest BCUT2D eigenvalue weighted by molar-refractivity contribution is 8.38. The fraction of sp³-hybridized carbons (Fsp3) is 0.182. The summed E-state index contributed by atoms with van der Waals surface area (Å²) in [5.74, 6) is 1.29. The molecule has 0 fully saturated rings. The van der Waals surface area contributed by atoms with Gasteiger partial charge in [0.1, 0.15) is 4.38 Å². The number of nitrogens with zero attached hydrogens (tertiary/aromatic N) is 1. The Morgan fingerprint density at radius 2 is 1.96 bits per heavy atom. The van der Waals surface area contributed by atoms with E-state index in [9.17, 15) is 4.79 Å². The second-order valence-corrected chi connectivity index (χ2v) is 9.68. The number of carbonyl (C=O) groups is 1. The summed E-state index contributed by atoms with van der Waals surface area (Å²) in [4.78, 5) is 18.5. The minimum atomic E-state index is -0.115. The van der Waals surface area contributed by atoms with Crippen LogP contribution in [-0.2, 0) is 10.5 Å². The third-order valence-electron chi connectivity index (χ3n) is 4.42. The topological polar surface area (TPSA) is 41.5 Å². The van der Waals surface area contributed by atoms with E-state index in [1.54, 1.807) is 23.1 Å². The summed E-state index contributed by atoms with van der Waals surface area (Å²) in [5, 5.41) is 5.24. The number of amides is 1. The largest absolute Gasteiger partial charge is 0.344 e. The lowest BCUT2D eigenvalue weighted by molar-refractivity contribution is -0.119. The quantitative estimate of drug-likeness (QED) is 0.552. The zero-order chi connectivity index (χ0) is 19.3. The van der Waals surface area contributed by atoms with E-state index in [1.807, 2.05) is 29.6 Å². The van der Waals surface area contributed by atoms with Crippen molar-refractivity contribution < 1.29 is 4.79 Å². The monoisotopic (exact) mass is 424 g/mol. The summed E-state index contributed by atoms with van der Waals surface area (Å²) >= 11 is 4.87. The summed E-state index contributed by atoms with van der Waals surface area (Å²) in [6.45, 7) is 2.07. The number of carbonyl (C=O) groups excluding carboxylic acids is 1. The van der Waals surface area contributed by atoms with E-state index in [1.165, 1.54) is 22.9 Å². The van der Waals surface area contributed by atoms with Crippen molar-refractivity contribution in [1.29, 1.82) is 0 Å². The first-order valence-electron chi connectivity index (χ1n) is 9.00. The number of nitrogens with one attached hydrogen (secondary N) is 1. The van der Waals surface area contributed by atoms with Gasteiger partial charge in [0.15, 0.2) is 0 Å². The van der Waals surface area contributed by atoms with Gasteiger partial charge in [-0.15, -0.1) is 11.3 Å². The minimum Gasteiger partial charge on any atom is -0.344 e. The lowest BCUT2D eigenvalue weighted by Crippen LogP contribution is -2.30. The van der Waals surface area contributed by atoms with Gasteiger partial charge in [-0.1, -0.05) is 77.6 Å². The zero-order valence-electron chi connectivity index (χ0n) is 15.4. The zero-order valence-corrected chi connectivity index (χ0v) is 17.9. The molecule has 3 aromatic rings. The first kappa shape index (κ1) is 19.3. The first-order valence-corrected chi connectivity index (χ1v) is 11.9. The van der Waals surface area contributed by atoms with E-state index < -0.39 is 0 Å². The molecule has 0 saturated carbocycles. The van der Waals surface area contributed by atoms with Crippen LogP contribution in [0.15, 0.2) is 71.0 Å². The standard InChI is InChI=1S/C22H20N2OS3/c1-15-8-10-16(11-9-15)21(19-7-4-12-26-19)24-20(25)14-28-22-23-18-6-3-2-5-17(18)13-27-22/h2-12,21H,13-14H2,1H3,(H,24,25). The number of aryl methyl sites for hydroxylation is 1. The van der Waals surface area contributed by atoms with Crippen LogP contribution in [-0.4, -0.2) is 16.0 Å². The molecule has 3 nitrogen and oxygen atoms in total. The smallest absolute Gasteiger partial charge is 0.231 e. The van der Waals surface area contributed by atoms with Gasteiger partial charge in [-0.3, -0.25) is 4.79 Å². The summed E-state index contributed by atoms with van der Waals surface area (Å²) < 4.78 is 0.955. The number of fused-ring (bicyclic) bond motifs is 1. The van der Waals surface area contributed by atoms with Crippen molar-refractivity contribution >= 4 is 50.8 Å². The number of aliphatic imine (C=N–C) groups is 1. The van der Waals surface area contributed by atoms with E-state index in [0.29, 0.717) is 5.75 Å². The molecule has 4 rings (SSSR count). The second kappa shape index (κ2) is 8.99. The molecule has 1 atom stereocenters. The molecular formula is C22H20N2OS3. The summed E-state index contributed by atoms with van der Waals surface area (Å²) in [7, 11) is 0. The van der Waals surface area contributed by atoms with Crippen LogP contribution in [0.25, 0.3) is 0 Å². The predicted octanol–water partition coefficient (Wildman–Crippen LogP) is 5.93. The Kier molecular flexibility index (Phi) is 6.20. The normalized spacial score (nSPS) is 14.1. The Bertz CT molecular complexity index is 981. The van der Waals surface area contributed by atoms with Crippen molar-refractivity contribution in [3.05, 3.63) is 87.6 Å². The number of thioether (sulfide) groups is 2. The maximum Gasteiger partial charge on any atom is 0.231 e. The third-order valence-corrected chi connectivity index (χ3v) is 7.61. The fourth-order valence-electron chi connectivity index (χ4n) is 2.95. The third kappa shape index (κ3) is 4.69. The summed E-state index contributed by atoms with van der Waals surface area (Å²) in [6.07, 6.45) is 0. The molecule has 1 N–H and O–H groups in total. The molecule has 0 spiro atoms. The molecule has 1 aliphatic rings. The maximum atomic E-state index is 12.7. The first-order chi connectivity index (χ1) is 13.7. The van der Waals surface area contributed by atoms with Gasteiger partial charge in [-0.05, 0) is 35.6 Å². The highest BCUT2D eigenvalue weighted by Gasteiger charge is 2.19. The average Bonchev–Trinajstić information content (AvgIpc) is 3.26. The highest BCUT2D eigenvalue weighted by Crippen LogP contribution is 2.34. The molecule has 0 radical (unpaired) electrons. The molecule has 6 heteroatoms. The number of hydrogen-bond acceptors (Lipinski definition) is 5. The number of hydrogen-bond donors (Lipinski definition) is 1. The number of benzene rings is 2. The van der Waals surface area contributed by atoms with Crippen molar-refractivity contribution in [1.82, 2.24) is 5.32 Å². The lowest BCUT2D eigenvalue weighted by Gasteiger charge is -2.19. The van der Waals surface area contributed by atoms with Gasteiger partial charge >= 0.3 is 0 Å². The second-order valence-electron chi connectivity index (χ2n) is 6.51. The Morgan fingerprint density at radius 1 is 1.14 bits per heavy atom. The van der Waals surface area contributed by atoms with Gasteiger partial charge in [-0.2, -0.15) is 0 Å². The number of thiophene rings is 1.